The quantitative estimate of drug-likeness (QED) is 0.686. The van der Waals surface area contributed by atoms with Crippen LogP contribution in [0, 0.1) is 11.2 Å². The van der Waals surface area contributed by atoms with Crippen LogP contribution in [0.4, 0.5) is 10.1 Å². The van der Waals surface area contributed by atoms with Crippen LogP contribution in [0.3, 0.4) is 0 Å². The Morgan fingerprint density at radius 1 is 1.44 bits per heavy atom. The molecule has 0 amide bonds. The molecule has 86 valence electrons. The molecule has 0 saturated carbocycles. The van der Waals surface area contributed by atoms with Crippen molar-refractivity contribution in [2.45, 2.75) is 19.4 Å². The Morgan fingerprint density at radius 2 is 2.06 bits per heavy atom. The van der Waals surface area contributed by atoms with Crippen molar-refractivity contribution in [3.05, 3.63) is 41.9 Å². The van der Waals surface area contributed by atoms with Gasteiger partial charge in [-0.25, -0.2) is 4.39 Å². The number of aliphatic hydroxyl groups is 1. The fraction of sp³-hybridized carbons (Fsp3) is 0.250. The lowest BCUT2D eigenvalue weighted by Gasteiger charge is -2.18. The van der Waals surface area contributed by atoms with Gasteiger partial charge in [0.25, 0.3) is 0 Å². The van der Waals surface area contributed by atoms with E-state index in [0.29, 0.717) is 11.3 Å². The Hall–Kier alpha value is -1.68. The largest absolute Gasteiger partial charge is 0.386 e. The van der Waals surface area contributed by atoms with Gasteiger partial charge >= 0.3 is 0 Å². The molecule has 0 aromatic heterocycles. The maximum Gasteiger partial charge on any atom is 0.146 e. The lowest BCUT2D eigenvalue weighted by Crippen LogP contribution is -2.23. The fourth-order valence-corrected chi connectivity index (χ4v) is 1.13. The Kier molecular flexibility index (Phi) is 3.79. The first-order chi connectivity index (χ1) is 7.45. The smallest absolute Gasteiger partial charge is 0.146 e. The van der Waals surface area contributed by atoms with Gasteiger partial charge in [-0.3, -0.25) is 0 Å². The molecule has 16 heavy (non-hydrogen) atoms. The summed E-state index contributed by atoms with van der Waals surface area (Å²) in [5, 5.41) is 19.5. The molecule has 1 rings (SSSR count). The monoisotopic (exact) mass is 222 g/mol. The number of para-hydroxylation sites is 1. The minimum Gasteiger partial charge on any atom is -0.386 e. The van der Waals surface area contributed by atoms with Crippen LogP contribution in [0.25, 0.3) is 0 Å². The molecule has 4 heteroatoms. The van der Waals surface area contributed by atoms with E-state index in [1.165, 1.54) is 12.3 Å². The SMILES string of the molecule is CC(C)(O)/C(C=N)=C/Nc1ccccc1F. The van der Waals surface area contributed by atoms with Crippen LogP contribution >= 0.6 is 0 Å². The second-order valence-corrected chi connectivity index (χ2v) is 3.93. The highest BCUT2D eigenvalue weighted by Crippen LogP contribution is 2.16. The molecule has 0 heterocycles. The molecular weight excluding hydrogens is 207 g/mol. The summed E-state index contributed by atoms with van der Waals surface area (Å²) in [4.78, 5) is 0. The number of halogens is 1. The third-order valence-electron chi connectivity index (χ3n) is 2.12. The standard InChI is InChI=1S/C12H15FN2O/c1-12(2,16)9(7-14)8-15-11-6-4-3-5-10(11)13/h3-8,14-16H,1-2H3/b9-8+,14-7?. The minimum absolute atomic E-state index is 0.311. The van der Waals surface area contributed by atoms with E-state index < -0.39 is 5.60 Å². The van der Waals surface area contributed by atoms with E-state index in [4.69, 9.17) is 5.41 Å². The van der Waals surface area contributed by atoms with Gasteiger partial charge in [0.05, 0.1) is 11.3 Å². The van der Waals surface area contributed by atoms with Crippen LogP contribution in [0.5, 0.6) is 0 Å². The molecule has 3 N–H and O–H groups in total. The molecule has 0 aliphatic heterocycles. The van der Waals surface area contributed by atoms with Crippen molar-refractivity contribution < 1.29 is 9.50 Å². The third-order valence-corrected chi connectivity index (χ3v) is 2.12. The van der Waals surface area contributed by atoms with E-state index in [0.717, 1.165) is 6.21 Å². The molecule has 0 atom stereocenters. The predicted octanol–water partition coefficient (Wildman–Crippen LogP) is 2.54. The number of rotatable bonds is 4. The molecule has 3 nitrogen and oxygen atoms in total. The molecule has 0 radical (unpaired) electrons. The van der Waals surface area contributed by atoms with Gasteiger partial charge in [-0.2, -0.15) is 0 Å². The summed E-state index contributed by atoms with van der Waals surface area (Å²) in [6.45, 7) is 3.12. The lowest BCUT2D eigenvalue weighted by molar-refractivity contribution is 0.126. The Balaban J connectivity index is 2.87. The van der Waals surface area contributed by atoms with Gasteiger partial charge in [-0.1, -0.05) is 12.1 Å². The zero-order valence-corrected chi connectivity index (χ0v) is 9.29. The number of benzene rings is 1. The van der Waals surface area contributed by atoms with E-state index in [1.54, 1.807) is 32.0 Å². The summed E-state index contributed by atoms with van der Waals surface area (Å²) in [5.74, 6) is -0.376. The van der Waals surface area contributed by atoms with Crippen molar-refractivity contribution in [1.82, 2.24) is 0 Å². The Morgan fingerprint density at radius 3 is 2.56 bits per heavy atom. The summed E-state index contributed by atoms with van der Waals surface area (Å²) in [6, 6.07) is 6.22. The van der Waals surface area contributed by atoms with Gasteiger partial charge in [-0.05, 0) is 26.0 Å². The van der Waals surface area contributed by atoms with E-state index in [1.807, 2.05) is 0 Å². The number of nitrogens with one attached hydrogen (secondary N) is 2. The van der Waals surface area contributed by atoms with Gasteiger partial charge in [-0.15, -0.1) is 0 Å². The topological polar surface area (TPSA) is 56.1 Å². The number of anilines is 1. The van der Waals surface area contributed by atoms with Crippen LogP contribution in [0.1, 0.15) is 13.8 Å². The Bertz CT molecular complexity index is 408. The average molecular weight is 222 g/mol. The maximum absolute atomic E-state index is 13.2. The van der Waals surface area contributed by atoms with Crippen LogP contribution in [-0.2, 0) is 0 Å². The first-order valence-corrected chi connectivity index (χ1v) is 4.89. The first kappa shape index (κ1) is 12.4. The highest BCUT2D eigenvalue weighted by molar-refractivity contribution is 5.79. The normalized spacial score (nSPS) is 12.4. The molecular formula is C12H15FN2O. The van der Waals surface area contributed by atoms with Crippen molar-refractivity contribution in [3.8, 4) is 0 Å². The lowest BCUT2D eigenvalue weighted by atomic mass is 10.0. The molecule has 1 aromatic carbocycles. The van der Waals surface area contributed by atoms with Crippen LogP contribution < -0.4 is 5.32 Å². The van der Waals surface area contributed by atoms with Crippen molar-refractivity contribution in [3.63, 3.8) is 0 Å². The van der Waals surface area contributed by atoms with Crippen molar-refractivity contribution in [2.75, 3.05) is 5.32 Å². The van der Waals surface area contributed by atoms with Crippen LogP contribution in [-0.4, -0.2) is 16.9 Å². The molecule has 0 aliphatic carbocycles. The van der Waals surface area contributed by atoms with Gasteiger partial charge in [0.15, 0.2) is 0 Å². The zero-order chi connectivity index (χ0) is 12.2. The van der Waals surface area contributed by atoms with Crippen molar-refractivity contribution >= 4 is 11.9 Å². The molecule has 0 spiro atoms. The molecule has 1 aromatic rings. The first-order valence-electron chi connectivity index (χ1n) is 4.89. The third kappa shape index (κ3) is 3.17. The van der Waals surface area contributed by atoms with Gasteiger partial charge in [0.2, 0.25) is 0 Å². The fourth-order valence-electron chi connectivity index (χ4n) is 1.13. The Labute approximate surface area is 94.1 Å². The second-order valence-electron chi connectivity index (χ2n) is 3.93. The average Bonchev–Trinajstić information content (AvgIpc) is 2.19. The van der Waals surface area contributed by atoms with Gasteiger partial charge in [0.1, 0.15) is 5.82 Å². The predicted molar refractivity (Wildman–Crippen MR) is 63.2 cm³/mol. The van der Waals surface area contributed by atoms with Crippen LogP contribution in [0.15, 0.2) is 36.0 Å². The summed E-state index contributed by atoms with van der Waals surface area (Å²) in [7, 11) is 0. The van der Waals surface area contributed by atoms with E-state index in [2.05, 4.69) is 5.32 Å². The van der Waals surface area contributed by atoms with E-state index in [-0.39, 0.29) is 5.82 Å². The molecule has 0 saturated heterocycles. The molecule has 0 unspecified atom stereocenters. The second kappa shape index (κ2) is 4.90. The summed E-state index contributed by atoms with van der Waals surface area (Å²) in [6.07, 6.45) is 2.46. The van der Waals surface area contributed by atoms with Crippen LogP contribution in [0.2, 0.25) is 0 Å². The summed E-state index contributed by atoms with van der Waals surface area (Å²) < 4.78 is 13.2. The van der Waals surface area contributed by atoms with Gasteiger partial charge in [0, 0.05) is 18.0 Å². The van der Waals surface area contributed by atoms with E-state index in [9.17, 15) is 9.50 Å². The van der Waals surface area contributed by atoms with Crippen molar-refractivity contribution in [1.29, 1.82) is 5.41 Å². The van der Waals surface area contributed by atoms with Crippen molar-refractivity contribution in [2.24, 2.45) is 0 Å². The zero-order valence-electron chi connectivity index (χ0n) is 9.29. The number of hydrogen-bond donors (Lipinski definition) is 3. The summed E-state index contributed by atoms with van der Waals surface area (Å²) in [5.41, 5.74) is -0.443. The minimum atomic E-state index is -1.12. The van der Waals surface area contributed by atoms with Gasteiger partial charge < -0.3 is 15.8 Å². The molecule has 0 bridgehead atoms. The molecule has 0 fully saturated rings. The highest BCUT2D eigenvalue weighted by Gasteiger charge is 2.17. The summed E-state index contributed by atoms with van der Waals surface area (Å²) >= 11 is 0. The maximum atomic E-state index is 13.2. The highest BCUT2D eigenvalue weighted by atomic mass is 19.1. The van der Waals surface area contributed by atoms with E-state index >= 15 is 0 Å². The molecule has 0 aliphatic rings. The number of hydrogen-bond acceptors (Lipinski definition) is 3.